The lowest BCUT2D eigenvalue weighted by Gasteiger charge is -2.05. The van der Waals surface area contributed by atoms with Gasteiger partial charge in [0.25, 0.3) is 0 Å². The number of nitrogens with zero attached hydrogens (tertiary/aromatic N) is 1. The van der Waals surface area contributed by atoms with Gasteiger partial charge < -0.3 is 9.72 Å². The molecule has 0 radical (unpaired) electrons. The first-order valence-electron chi connectivity index (χ1n) is 7.28. The van der Waals surface area contributed by atoms with Crippen LogP contribution in [0.2, 0.25) is 0 Å². The lowest BCUT2D eigenvalue weighted by molar-refractivity contribution is -0.117. The van der Waals surface area contributed by atoms with Gasteiger partial charge in [-0.1, -0.05) is 18.2 Å². The Kier molecular flexibility index (Phi) is 2.78. The SMILES string of the molecule is O=C(Nc1ccc(-c2cc3ccccn3c2)cc1)C1CC1. The van der Waals surface area contributed by atoms with Crippen molar-refractivity contribution in [1.82, 2.24) is 4.40 Å². The van der Waals surface area contributed by atoms with E-state index in [0.29, 0.717) is 0 Å². The summed E-state index contributed by atoms with van der Waals surface area (Å²) in [5, 5.41) is 2.96. The summed E-state index contributed by atoms with van der Waals surface area (Å²) in [5.74, 6) is 0.388. The van der Waals surface area contributed by atoms with Crippen LogP contribution in [0.1, 0.15) is 12.8 Å². The lowest BCUT2D eigenvalue weighted by atomic mass is 10.1. The zero-order valence-corrected chi connectivity index (χ0v) is 11.6. The standard InChI is InChI=1S/C18H16N2O/c21-18(14-4-5-14)19-16-8-6-13(7-9-16)15-11-17-3-1-2-10-20(17)12-15/h1-3,6-12,14H,4-5H2,(H,19,21). The van der Waals surface area contributed by atoms with Crippen LogP contribution < -0.4 is 5.32 Å². The maximum Gasteiger partial charge on any atom is 0.227 e. The van der Waals surface area contributed by atoms with Gasteiger partial charge in [-0.3, -0.25) is 4.79 Å². The van der Waals surface area contributed by atoms with Gasteiger partial charge in [0, 0.05) is 35.1 Å². The number of hydrogen-bond acceptors (Lipinski definition) is 1. The first-order chi connectivity index (χ1) is 10.3. The number of carbonyl (C=O) groups excluding carboxylic acids is 1. The summed E-state index contributed by atoms with van der Waals surface area (Å²) in [4.78, 5) is 11.7. The Hall–Kier alpha value is -2.55. The third kappa shape index (κ3) is 2.42. The minimum absolute atomic E-state index is 0.150. The van der Waals surface area contributed by atoms with Crippen molar-refractivity contribution in [2.45, 2.75) is 12.8 Å². The average molecular weight is 276 g/mol. The molecule has 3 aromatic rings. The van der Waals surface area contributed by atoms with E-state index >= 15 is 0 Å². The van der Waals surface area contributed by atoms with E-state index in [9.17, 15) is 4.79 Å². The molecule has 1 aliphatic carbocycles. The van der Waals surface area contributed by atoms with Gasteiger partial charge in [0.15, 0.2) is 0 Å². The number of anilines is 1. The molecule has 4 rings (SSSR count). The monoisotopic (exact) mass is 276 g/mol. The van der Waals surface area contributed by atoms with Crippen molar-refractivity contribution >= 4 is 17.1 Å². The predicted octanol–water partition coefficient (Wildman–Crippen LogP) is 3.95. The summed E-state index contributed by atoms with van der Waals surface area (Å²) in [6, 6.07) is 16.4. The van der Waals surface area contributed by atoms with Crippen LogP contribution in [0, 0.1) is 5.92 Å². The molecule has 0 unspecified atom stereocenters. The van der Waals surface area contributed by atoms with Crippen LogP contribution in [0.15, 0.2) is 60.9 Å². The molecule has 0 atom stereocenters. The highest BCUT2D eigenvalue weighted by molar-refractivity contribution is 5.94. The van der Waals surface area contributed by atoms with Crippen LogP contribution in [0.5, 0.6) is 0 Å². The van der Waals surface area contributed by atoms with E-state index < -0.39 is 0 Å². The summed E-state index contributed by atoms with van der Waals surface area (Å²) in [5.41, 5.74) is 4.39. The van der Waals surface area contributed by atoms with E-state index in [1.54, 1.807) is 0 Å². The number of amides is 1. The molecule has 21 heavy (non-hydrogen) atoms. The van der Waals surface area contributed by atoms with Crippen LogP contribution in [0.3, 0.4) is 0 Å². The van der Waals surface area contributed by atoms with Gasteiger partial charge >= 0.3 is 0 Å². The molecule has 1 aliphatic rings. The summed E-state index contributed by atoms with van der Waals surface area (Å²) in [6.07, 6.45) is 6.22. The maximum atomic E-state index is 11.7. The topological polar surface area (TPSA) is 33.5 Å². The van der Waals surface area contributed by atoms with Crippen LogP contribution in [0.25, 0.3) is 16.6 Å². The number of rotatable bonds is 3. The molecule has 104 valence electrons. The Morgan fingerprint density at radius 2 is 1.86 bits per heavy atom. The normalized spacial score (nSPS) is 14.3. The molecule has 3 nitrogen and oxygen atoms in total. The number of pyridine rings is 1. The van der Waals surface area contributed by atoms with E-state index in [2.05, 4.69) is 40.2 Å². The van der Waals surface area contributed by atoms with Crippen molar-refractivity contribution in [3.05, 3.63) is 60.9 Å². The fraction of sp³-hybridized carbons (Fsp3) is 0.167. The minimum atomic E-state index is 0.150. The average Bonchev–Trinajstić information content (AvgIpc) is 3.27. The molecule has 0 aliphatic heterocycles. The minimum Gasteiger partial charge on any atom is -0.326 e. The van der Waals surface area contributed by atoms with Crippen molar-refractivity contribution in [1.29, 1.82) is 0 Å². The van der Waals surface area contributed by atoms with Gasteiger partial charge in [0.2, 0.25) is 5.91 Å². The Morgan fingerprint density at radius 1 is 1.05 bits per heavy atom. The van der Waals surface area contributed by atoms with Crippen molar-refractivity contribution in [3.8, 4) is 11.1 Å². The van der Waals surface area contributed by atoms with E-state index in [-0.39, 0.29) is 11.8 Å². The number of nitrogens with one attached hydrogen (secondary N) is 1. The molecule has 1 N–H and O–H groups in total. The fourth-order valence-corrected chi connectivity index (χ4v) is 2.55. The zero-order chi connectivity index (χ0) is 14.2. The van der Waals surface area contributed by atoms with Crippen molar-refractivity contribution in [3.63, 3.8) is 0 Å². The fourth-order valence-electron chi connectivity index (χ4n) is 2.55. The van der Waals surface area contributed by atoms with Crippen LogP contribution in [-0.2, 0) is 4.79 Å². The molecule has 2 heterocycles. The number of carbonyl (C=O) groups is 1. The van der Waals surface area contributed by atoms with Gasteiger partial charge in [0.05, 0.1) is 0 Å². The number of hydrogen-bond donors (Lipinski definition) is 1. The quantitative estimate of drug-likeness (QED) is 0.772. The van der Waals surface area contributed by atoms with Gasteiger partial charge in [-0.25, -0.2) is 0 Å². The molecule has 1 saturated carbocycles. The van der Waals surface area contributed by atoms with Crippen LogP contribution in [0.4, 0.5) is 5.69 Å². The van der Waals surface area contributed by atoms with E-state index in [4.69, 9.17) is 0 Å². The third-order valence-electron chi connectivity index (χ3n) is 3.94. The second kappa shape index (κ2) is 4.77. The molecule has 1 aromatic carbocycles. The van der Waals surface area contributed by atoms with E-state index in [1.165, 1.54) is 11.1 Å². The zero-order valence-electron chi connectivity index (χ0n) is 11.6. The molecule has 2 aromatic heterocycles. The largest absolute Gasteiger partial charge is 0.326 e. The van der Waals surface area contributed by atoms with Crippen molar-refractivity contribution < 1.29 is 4.79 Å². The molecule has 1 fully saturated rings. The Morgan fingerprint density at radius 3 is 2.57 bits per heavy atom. The summed E-state index contributed by atoms with van der Waals surface area (Å²) < 4.78 is 2.11. The maximum absolute atomic E-state index is 11.7. The van der Waals surface area contributed by atoms with Gasteiger partial charge in [-0.2, -0.15) is 0 Å². The smallest absolute Gasteiger partial charge is 0.227 e. The van der Waals surface area contributed by atoms with Gasteiger partial charge in [-0.15, -0.1) is 0 Å². The Labute approximate surface area is 123 Å². The summed E-state index contributed by atoms with van der Waals surface area (Å²) >= 11 is 0. The van der Waals surface area contributed by atoms with Crippen molar-refractivity contribution in [2.75, 3.05) is 5.32 Å². The lowest BCUT2D eigenvalue weighted by Crippen LogP contribution is -2.12. The van der Waals surface area contributed by atoms with E-state index in [0.717, 1.165) is 24.1 Å². The first-order valence-corrected chi connectivity index (χ1v) is 7.28. The Bertz CT molecular complexity index is 764. The molecule has 3 heteroatoms. The second-order valence-corrected chi connectivity index (χ2v) is 5.60. The molecule has 1 amide bonds. The number of fused-ring (bicyclic) bond motifs is 1. The van der Waals surface area contributed by atoms with Crippen LogP contribution in [-0.4, -0.2) is 10.3 Å². The van der Waals surface area contributed by atoms with Crippen LogP contribution >= 0.6 is 0 Å². The number of benzene rings is 1. The third-order valence-corrected chi connectivity index (χ3v) is 3.94. The molecule has 0 saturated heterocycles. The van der Waals surface area contributed by atoms with Crippen molar-refractivity contribution in [2.24, 2.45) is 5.92 Å². The molecular formula is C18H16N2O. The second-order valence-electron chi connectivity index (χ2n) is 5.60. The van der Waals surface area contributed by atoms with E-state index in [1.807, 2.05) is 30.5 Å². The summed E-state index contributed by atoms with van der Waals surface area (Å²) in [7, 11) is 0. The van der Waals surface area contributed by atoms with Gasteiger partial charge in [0.1, 0.15) is 0 Å². The highest BCUT2D eigenvalue weighted by atomic mass is 16.2. The molecule has 0 spiro atoms. The Balaban J connectivity index is 1.58. The molecule has 0 bridgehead atoms. The number of aromatic nitrogens is 1. The highest BCUT2D eigenvalue weighted by Gasteiger charge is 2.29. The molecular weight excluding hydrogens is 260 g/mol. The predicted molar refractivity (Wildman–Crippen MR) is 84.2 cm³/mol. The first kappa shape index (κ1) is 12.2. The highest BCUT2D eigenvalue weighted by Crippen LogP contribution is 2.30. The van der Waals surface area contributed by atoms with Gasteiger partial charge in [-0.05, 0) is 48.7 Å². The summed E-state index contributed by atoms with van der Waals surface area (Å²) in [6.45, 7) is 0.